The molecule has 1 N–H and O–H groups in total. The van der Waals surface area contributed by atoms with E-state index in [-0.39, 0.29) is 0 Å². The van der Waals surface area contributed by atoms with Gasteiger partial charge in [0.05, 0.1) is 0 Å². The van der Waals surface area contributed by atoms with Crippen LogP contribution in [0.15, 0.2) is 36.7 Å². The molecule has 0 bridgehead atoms. The van der Waals surface area contributed by atoms with E-state index in [0.717, 1.165) is 21.5 Å². The first-order valence-corrected chi connectivity index (χ1v) is 6.57. The number of thiazole rings is 1. The topological polar surface area (TPSA) is 61.6 Å². The second-order valence-electron chi connectivity index (χ2n) is 3.97. The molecule has 0 aliphatic carbocycles. The molecule has 0 fully saturated rings. The lowest BCUT2D eigenvalue weighted by Gasteiger charge is -2.03. The van der Waals surface area contributed by atoms with Crippen LogP contribution in [0.5, 0.6) is 0 Å². The Bertz CT molecular complexity index is 780. The second kappa shape index (κ2) is 4.67. The van der Waals surface area contributed by atoms with Crippen molar-refractivity contribution in [3.63, 3.8) is 0 Å². The van der Waals surface area contributed by atoms with Crippen molar-refractivity contribution < 1.29 is 0 Å². The third-order valence-electron chi connectivity index (χ3n) is 2.87. The van der Waals surface area contributed by atoms with E-state index >= 15 is 0 Å². The van der Waals surface area contributed by atoms with E-state index in [4.69, 9.17) is 0 Å². The van der Waals surface area contributed by atoms with Gasteiger partial charge in [-0.2, -0.15) is 5.26 Å². The zero-order valence-corrected chi connectivity index (χ0v) is 11.0. The van der Waals surface area contributed by atoms with Gasteiger partial charge in [-0.25, -0.2) is 4.98 Å². The fourth-order valence-electron chi connectivity index (χ4n) is 1.99. The normalized spacial score (nSPS) is 10.3. The van der Waals surface area contributed by atoms with E-state index in [2.05, 4.69) is 21.4 Å². The molecule has 0 unspecified atom stereocenters. The number of aromatic nitrogens is 2. The van der Waals surface area contributed by atoms with E-state index in [9.17, 15) is 5.26 Å². The van der Waals surface area contributed by atoms with Crippen molar-refractivity contribution in [2.45, 2.75) is 0 Å². The first-order chi connectivity index (χ1) is 9.33. The highest BCUT2D eigenvalue weighted by Crippen LogP contribution is 2.33. The predicted molar refractivity (Wildman–Crippen MR) is 77.1 cm³/mol. The number of rotatable bonds is 2. The number of fused-ring (bicyclic) bond motifs is 1. The molecular weight excluding hydrogens is 256 g/mol. The van der Waals surface area contributed by atoms with Crippen LogP contribution in [-0.2, 0) is 0 Å². The van der Waals surface area contributed by atoms with Gasteiger partial charge in [0, 0.05) is 30.4 Å². The zero-order chi connectivity index (χ0) is 13.2. The molecule has 4 nitrogen and oxygen atoms in total. The summed E-state index contributed by atoms with van der Waals surface area (Å²) in [5.74, 6) is 0. The van der Waals surface area contributed by atoms with Crippen molar-refractivity contribution in [2.24, 2.45) is 0 Å². The van der Waals surface area contributed by atoms with Crippen LogP contribution >= 0.6 is 11.3 Å². The minimum absolute atomic E-state index is 0.600. The van der Waals surface area contributed by atoms with E-state index in [1.165, 1.54) is 11.3 Å². The van der Waals surface area contributed by atoms with Gasteiger partial charge in [-0.15, -0.1) is 0 Å². The molecule has 0 saturated heterocycles. The maximum absolute atomic E-state index is 9.23. The maximum atomic E-state index is 9.23. The Balaban J connectivity index is 2.30. The minimum atomic E-state index is 0.600. The molecule has 0 radical (unpaired) electrons. The first-order valence-electron chi connectivity index (χ1n) is 5.75. The smallest absolute Gasteiger partial charge is 0.184 e. The van der Waals surface area contributed by atoms with Crippen molar-refractivity contribution >= 4 is 27.2 Å². The first kappa shape index (κ1) is 11.6. The molecule has 1 aromatic carbocycles. The Morgan fingerprint density at radius 2 is 2.11 bits per heavy atom. The molecule has 0 aliphatic heterocycles. The summed E-state index contributed by atoms with van der Waals surface area (Å²) in [6.45, 7) is 0. The van der Waals surface area contributed by atoms with Crippen molar-refractivity contribution in [3.8, 4) is 17.3 Å². The summed E-state index contributed by atoms with van der Waals surface area (Å²) >= 11 is 1.35. The summed E-state index contributed by atoms with van der Waals surface area (Å²) in [6.07, 6.45) is 3.58. The van der Waals surface area contributed by atoms with Gasteiger partial charge >= 0.3 is 0 Å². The zero-order valence-electron chi connectivity index (χ0n) is 10.2. The summed E-state index contributed by atoms with van der Waals surface area (Å²) in [5.41, 5.74) is 1.59. The number of nitriles is 1. The van der Waals surface area contributed by atoms with E-state index in [0.29, 0.717) is 10.6 Å². The summed E-state index contributed by atoms with van der Waals surface area (Å²) in [4.78, 5) is 9.30. The van der Waals surface area contributed by atoms with Gasteiger partial charge in [-0.05, 0) is 5.39 Å². The Hall–Kier alpha value is -2.45. The van der Waals surface area contributed by atoms with Crippen LogP contribution in [0.2, 0.25) is 0 Å². The minimum Gasteiger partial charge on any atom is -0.365 e. The number of pyridine rings is 1. The molecule has 0 saturated carbocycles. The summed E-state index contributed by atoms with van der Waals surface area (Å²) < 4.78 is 0. The predicted octanol–water partition coefficient (Wildman–Crippen LogP) is 3.27. The summed E-state index contributed by atoms with van der Waals surface area (Å²) in [6, 6.07) is 10.2. The third-order valence-corrected chi connectivity index (χ3v) is 3.84. The van der Waals surface area contributed by atoms with Crippen molar-refractivity contribution in [1.29, 1.82) is 5.26 Å². The van der Waals surface area contributed by atoms with Gasteiger partial charge in [0.25, 0.3) is 0 Å². The van der Waals surface area contributed by atoms with Crippen LogP contribution in [0.1, 0.15) is 4.88 Å². The molecule has 92 valence electrons. The SMILES string of the molecule is CNc1nc(-c2cncc3ccccc23)c(C#N)s1. The fraction of sp³-hybridized carbons (Fsp3) is 0.0714. The van der Waals surface area contributed by atoms with Crippen molar-refractivity contribution in [2.75, 3.05) is 12.4 Å². The van der Waals surface area contributed by atoms with Gasteiger partial charge < -0.3 is 5.32 Å². The molecule has 0 atom stereocenters. The highest BCUT2D eigenvalue weighted by molar-refractivity contribution is 7.16. The number of nitrogens with one attached hydrogen (secondary N) is 1. The maximum Gasteiger partial charge on any atom is 0.184 e. The number of benzene rings is 1. The van der Waals surface area contributed by atoms with Gasteiger partial charge in [-0.1, -0.05) is 35.6 Å². The number of anilines is 1. The van der Waals surface area contributed by atoms with Crippen LogP contribution in [0.3, 0.4) is 0 Å². The molecule has 0 aliphatic rings. The van der Waals surface area contributed by atoms with E-state index in [1.807, 2.05) is 30.5 Å². The number of nitrogens with zero attached hydrogens (tertiary/aromatic N) is 3. The number of hydrogen-bond acceptors (Lipinski definition) is 5. The Kier molecular flexibility index (Phi) is 2.86. The molecule has 5 heteroatoms. The van der Waals surface area contributed by atoms with Crippen LogP contribution in [-0.4, -0.2) is 17.0 Å². The highest BCUT2D eigenvalue weighted by Gasteiger charge is 2.14. The van der Waals surface area contributed by atoms with E-state index < -0.39 is 0 Å². The van der Waals surface area contributed by atoms with Crippen molar-refractivity contribution in [1.82, 2.24) is 9.97 Å². The highest BCUT2D eigenvalue weighted by atomic mass is 32.1. The standard InChI is InChI=1S/C14H10N4S/c1-16-14-18-13(12(6-15)19-14)11-8-17-7-9-4-2-3-5-10(9)11/h2-5,7-8H,1H3,(H,16,18). The quantitative estimate of drug-likeness (QED) is 0.773. The average Bonchev–Trinajstić information content (AvgIpc) is 2.90. The molecular formula is C14H10N4S. The largest absolute Gasteiger partial charge is 0.365 e. The molecule has 3 aromatic rings. The average molecular weight is 266 g/mol. The molecule has 0 amide bonds. The summed E-state index contributed by atoms with van der Waals surface area (Å²) in [7, 11) is 1.80. The molecule has 2 heterocycles. The Labute approximate surface area is 114 Å². The van der Waals surface area contributed by atoms with Gasteiger partial charge in [-0.3, -0.25) is 4.98 Å². The van der Waals surface area contributed by atoms with E-state index in [1.54, 1.807) is 13.2 Å². The third kappa shape index (κ3) is 1.92. The lowest BCUT2D eigenvalue weighted by atomic mass is 10.1. The summed E-state index contributed by atoms with van der Waals surface area (Å²) in [5, 5.41) is 15.0. The number of hydrogen-bond donors (Lipinski definition) is 1. The molecule has 0 spiro atoms. The van der Waals surface area contributed by atoms with Gasteiger partial charge in [0.2, 0.25) is 0 Å². The molecule has 3 rings (SSSR count). The second-order valence-corrected chi connectivity index (χ2v) is 4.97. The molecule has 19 heavy (non-hydrogen) atoms. The van der Waals surface area contributed by atoms with Gasteiger partial charge in [0.15, 0.2) is 5.13 Å². The Morgan fingerprint density at radius 3 is 2.89 bits per heavy atom. The lowest BCUT2D eigenvalue weighted by Crippen LogP contribution is -1.88. The van der Waals surface area contributed by atoms with Crippen LogP contribution in [0, 0.1) is 11.3 Å². The van der Waals surface area contributed by atoms with Crippen molar-refractivity contribution in [3.05, 3.63) is 41.5 Å². The van der Waals surface area contributed by atoms with Crippen LogP contribution in [0.4, 0.5) is 5.13 Å². The Morgan fingerprint density at radius 1 is 1.26 bits per heavy atom. The van der Waals surface area contributed by atoms with Crippen LogP contribution in [0.25, 0.3) is 22.0 Å². The lowest BCUT2D eigenvalue weighted by molar-refractivity contribution is 1.32. The van der Waals surface area contributed by atoms with Gasteiger partial charge in [0.1, 0.15) is 16.6 Å². The monoisotopic (exact) mass is 266 g/mol. The molecule has 2 aromatic heterocycles. The fourth-order valence-corrected chi connectivity index (χ4v) is 2.72. The van der Waals surface area contributed by atoms with Crippen LogP contribution < -0.4 is 5.32 Å².